The Morgan fingerprint density at radius 3 is 3.06 bits per heavy atom. The molecule has 17 heavy (non-hydrogen) atoms. The second-order valence-corrected chi connectivity index (χ2v) is 5.77. The summed E-state index contributed by atoms with van der Waals surface area (Å²) in [6.07, 6.45) is 3.12. The van der Waals surface area contributed by atoms with Gasteiger partial charge in [0, 0.05) is 37.4 Å². The minimum atomic E-state index is 0.0740. The minimum Gasteiger partial charge on any atom is -0.381 e. The fourth-order valence-electron chi connectivity index (χ4n) is 1.86. The summed E-state index contributed by atoms with van der Waals surface area (Å²) in [4.78, 5) is 13.7. The van der Waals surface area contributed by atoms with Crippen molar-refractivity contribution in [3.8, 4) is 0 Å². The van der Waals surface area contributed by atoms with E-state index in [0.29, 0.717) is 11.2 Å². The Bertz CT molecular complexity index is 239. The lowest BCUT2D eigenvalue weighted by molar-refractivity contribution is 0.113. The molecule has 5 heteroatoms. The Hall–Kier alpha value is -0.420. The lowest BCUT2D eigenvalue weighted by atomic mass is 10.1. The summed E-state index contributed by atoms with van der Waals surface area (Å²) < 4.78 is 5.40. The Morgan fingerprint density at radius 2 is 2.41 bits per heavy atom. The van der Waals surface area contributed by atoms with Crippen LogP contribution in [0.4, 0.5) is 4.79 Å². The molecule has 1 saturated heterocycles. The third kappa shape index (κ3) is 5.17. The molecule has 0 spiro atoms. The van der Waals surface area contributed by atoms with Gasteiger partial charge in [-0.2, -0.15) is 11.8 Å². The van der Waals surface area contributed by atoms with Crippen LogP contribution in [0.1, 0.15) is 20.3 Å². The quantitative estimate of drug-likeness (QED) is 0.792. The molecule has 0 unspecified atom stereocenters. The van der Waals surface area contributed by atoms with E-state index in [9.17, 15) is 4.79 Å². The molecule has 4 nitrogen and oxygen atoms in total. The van der Waals surface area contributed by atoms with E-state index in [2.05, 4.69) is 18.5 Å². The predicted octanol–water partition coefficient (Wildman–Crippen LogP) is 1.81. The van der Waals surface area contributed by atoms with E-state index in [0.717, 1.165) is 39.3 Å². The molecule has 0 aliphatic carbocycles. The number of thioether (sulfide) groups is 1. The van der Waals surface area contributed by atoms with Crippen LogP contribution in [0.2, 0.25) is 0 Å². The number of rotatable bonds is 6. The van der Waals surface area contributed by atoms with Gasteiger partial charge < -0.3 is 15.0 Å². The average molecular weight is 260 g/mol. The second kappa shape index (κ2) is 7.82. The number of carbonyl (C=O) groups is 1. The standard InChI is InChI=1S/C12H24N2O2S/c1-4-16-9-11-5-6-14(8-11)12(15)13-7-10(2)17-3/h10-11H,4-9H2,1-3H3,(H,13,15)/t10-,11+/m1/s1. The summed E-state index contributed by atoms with van der Waals surface area (Å²) in [5, 5.41) is 3.45. The summed E-state index contributed by atoms with van der Waals surface area (Å²) in [5.41, 5.74) is 0. The molecule has 1 N–H and O–H groups in total. The summed E-state index contributed by atoms with van der Waals surface area (Å²) >= 11 is 1.77. The van der Waals surface area contributed by atoms with E-state index >= 15 is 0 Å². The molecule has 0 aromatic carbocycles. The fraction of sp³-hybridized carbons (Fsp3) is 0.917. The highest BCUT2D eigenvalue weighted by molar-refractivity contribution is 7.99. The molecule has 2 atom stereocenters. The third-order valence-corrected chi connectivity index (χ3v) is 4.05. The lowest BCUT2D eigenvalue weighted by Crippen LogP contribution is -2.41. The molecule has 100 valence electrons. The van der Waals surface area contributed by atoms with Crippen LogP contribution in [-0.4, -0.2) is 55.3 Å². The van der Waals surface area contributed by atoms with Gasteiger partial charge in [0.25, 0.3) is 0 Å². The van der Waals surface area contributed by atoms with Crippen LogP contribution in [0.5, 0.6) is 0 Å². The van der Waals surface area contributed by atoms with E-state index in [4.69, 9.17) is 4.74 Å². The number of nitrogens with one attached hydrogen (secondary N) is 1. The Balaban J connectivity index is 2.21. The Labute approximate surface area is 108 Å². The van der Waals surface area contributed by atoms with Gasteiger partial charge in [-0.05, 0) is 19.6 Å². The maximum absolute atomic E-state index is 11.8. The van der Waals surface area contributed by atoms with Gasteiger partial charge in [-0.1, -0.05) is 6.92 Å². The average Bonchev–Trinajstić information content (AvgIpc) is 2.81. The zero-order chi connectivity index (χ0) is 12.7. The largest absolute Gasteiger partial charge is 0.381 e. The molecule has 0 radical (unpaired) electrons. The molecule has 0 aromatic heterocycles. The molecule has 1 fully saturated rings. The highest BCUT2D eigenvalue weighted by atomic mass is 32.2. The van der Waals surface area contributed by atoms with Crippen LogP contribution < -0.4 is 5.32 Å². The van der Waals surface area contributed by atoms with E-state index in [1.807, 2.05) is 11.8 Å². The first-order valence-corrected chi connectivity index (χ1v) is 7.59. The summed E-state index contributed by atoms with van der Waals surface area (Å²) in [7, 11) is 0. The van der Waals surface area contributed by atoms with Gasteiger partial charge in [-0.15, -0.1) is 0 Å². The number of hydrogen-bond acceptors (Lipinski definition) is 3. The van der Waals surface area contributed by atoms with E-state index in [1.165, 1.54) is 0 Å². The van der Waals surface area contributed by atoms with Crippen molar-refractivity contribution in [2.24, 2.45) is 5.92 Å². The first kappa shape index (κ1) is 14.6. The van der Waals surface area contributed by atoms with E-state index < -0.39 is 0 Å². The molecular formula is C12H24N2O2S. The number of likely N-dealkylation sites (tertiary alicyclic amines) is 1. The number of urea groups is 1. The molecule has 1 heterocycles. The number of amides is 2. The van der Waals surface area contributed by atoms with E-state index in [-0.39, 0.29) is 6.03 Å². The van der Waals surface area contributed by atoms with Gasteiger partial charge in [0.15, 0.2) is 0 Å². The number of ether oxygens (including phenoxy) is 1. The van der Waals surface area contributed by atoms with Crippen molar-refractivity contribution in [2.45, 2.75) is 25.5 Å². The lowest BCUT2D eigenvalue weighted by Gasteiger charge is -2.18. The summed E-state index contributed by atoms with van der Waals surface area (Å²) in [6, 6.07) is 0.0740. The van der Waals surface area contributed by atoms with Gasteiger partial charge in [0.2, 0.25) is 0 Å². The monoisotopic (exact) mass is 260 g/mol. The van der Waals surface area contributed by atoms with Crippen molar-refractivity contribution in [2.75, 3.05) is 39.1 Å². The first-order chi connectivity index (χ1) is 8.17. The van der Waals surface area contributed by atoms with Gasteiger partial charge >= 0.3 is 6.03 Å². The Kier molecular flexibility index (Phi) is 6.73. The number of carbonyl (C=O) groups excluding carboxylic acids is 1. The van der Waals surface area contributed by atoms with Crippen LogP contribution in [0.15, 0.2) is 0 Å². The molecule has 1 aliphatic rings. The highest BCUT2D eigenvalue weighted by Crippen LogP contribution is 2.16. The van der Waals surface area contributed by atoms with Crippen molar-refractivity contribution in [3.05, 3.63) is 0 Å². The van der Waals surface area contributed by atoms with Crippen molar-refractivity contribution >= 4 is 17.8 Å². The van der Waals surface area contributed by atoms with Crippen molar-refractivity contribution < 1.29 is 9.53 Å². The molecule has 0 aromatic rings. The van der Waals surface area contributed by atoms with Gasteiger partial charge in [-0.3, -0.25) is 0 Å². The zero-order valence-corrected chi connectivity index (χ0v) is 11.9. The van der Waals surface area contributed by atoms with Crippen LogP contribution in [0, 0.1) is 5.92 Å². The SMILES string of the molecule is CCOC[C@H]1CCN(C(=O)NC[C@@H](C)SC)C1. The van der Waals surface area contributed by atoms with Gasteiger partial charge in [-0.25, -0.2) is 4.79 Å². The van der Waals surface area contributed by atoms with Crippen LogP contribution in [-0.2, 0) is 4.74 Å². The summed E-state index contributed by atoms with van der Waals surface area (Å²) in [6.45, 7) is 8.09. The first-order valence-electron chi connectivity index (χ1n) is 6.30. The molecule has 0 saturated carbocycles. The molecule has 1 rings (SSSR count). The Morgan fingerprint density at radius 1 is 1.65 bits per heavy atom. The van der Waals surface area contributed by atoms with Crippen molar-refractivity contribution in [3.63, 3.8) is 0 Å². The number of hydrogen-bond donors (Lipinski definition) is 1. The fourth-order valence-corrected chi connectivity index (χ4v) is 2.11. The summed E-state index contributed by atoms with van der Waals surface area (Å²) in [5.74, 6) is 0.513. The van der Waals surface area contributed by atoms with Crippen LogP contribution in [0.3, 0.4) is 0 Å². The number of nitrogens with zero attached hydrogens (tertiary/aromatic N) is 1. The predicted molar refractivity (Wildman–Crippen MR) is 72.5 cm³/mol. The van der Waals surface area contributed by atoms with Crippen LogP contribution >= 0.6 is 11.8 Å². The van der Waals surface area contributed by atoms with Crippen molar-refractivity contribution in [1.29, 1.82) is 0 Å². The minimum absolute atomic E-state index is 0.0740. The molecule has 1 aliphatic heterocycles. The zero-order valence-electron chi connectivity index (χ0n) is 11.1. The normalized spacial score (nSPS) is 21.6. The maximum Gasteiger partial charge on any atom is 0.317 e. The highest BCUT2D eigenvalue weighted by Gasteiger charge is 2.26. The third-order valence-electron chi connectivity index (χ3n) is 3.07. The topological polar surface area (TPSA) is 41.6 Å². The molecular weight excluding hydrogens is 236 g/mol. The molecule has 0 bridgehead atoms. The van der Waals surface area contributed by atoms with Gasteiger partial charge in [0.05, 0.1) is 6.61 Å². The second-order valence-electron chi connectivity index (χ2n) is 4.49. The maximum atomic E-state index is 11.8. The van der Waals surface area contributed by atoms with Gasteiger partial charge in [0.1, 0.15) is 0 Å². The smallest absolute Gasteiger partial charge is 0.317 e. The van der Waals surface area contributed by atoms with E-state index in [1.54, 1.807) is 11.8 Å². The van der Waals surface area contributed by atoms with Crippen LogP contribution in [0.25, 0.3) is 0 Å². The van der Waals surface area contributed by atoms with Crippen molar-refractivity contribution in [1.82, 2.24) is 10.2 Å². The molecule has 2 amide bonds.